The summed E-state index contributed by atoms with van der Waals surface area (Å²) >= 11 is 0. The van der Waals surface area contributed by atoms with Gasteiger partial charge in [0.05, 0.1) is 18.5 Å². The molecule has 2 aromatic rings. The highest BCUT2D eigenvalue weighted by Crippen LogP contribution is 2.27. The van der Waals surface area contributed by atoms with Crippen molar-refractivity contribution in [2.45, 2.75) is 123 Å². The number of rotatable bonds is 15. The fourth-order valence-corrected chi connectivity index (χ4v) is 6.44. The van der Waals surface area contributed by atoms with Crippen LogP contribution in [0.4, 0.5) is 4.79 Å². The van der Waals surface area contributed by atoms with E-state index in [0.29, 0.717) is 38.9 Å². The third kappa shape index (κ3) is 9.33. The van der Waals surface area contributed by atoms with E-state index in [2.05, 4.69) is 42.7 Å². The number of ether oxygens (including phenoxy) is 1. The van der Waals surface area contributed by atoms with Gasteiger partial charge in [0.15, 0.2) is 0 Å². The zero-order valence-electron chi connectivity index (χ0n) is 27.8. The number of hydrogen-bond donors (Lipinski definition) is 4. The third-order valence-corrected chi connectivity index (χ3v) is 9.20. The van der Waals surface area contributed by atoms with Crippen molar-refractivity contribution in [2.24, 2.45) is 0 Å². The molecule has 0 aliphatic carbocycles. The summed E-state index contributed by atoms with van der Waals surface area (Å²) in [6.07, 6.45) is 4.34. The van der Waals surface area contributed by atoms with E-state index in [1.54, 1.807) is 4.90 Å². The van der Waals surface area contributed by atoms with E-state index in [-0.39, 0.29) is 18.9 Å². The Morgan fingerprint density at radius 1 is 0.978 bits per heavy atom. The number of hydrogen-bond acceptors (Lipinski definition) is 7. The van der Waals surface area contributed by atoms with Gasteiger partial charge in [-0.15, -0.1) is 0 Å². The van der Waals surface area contributed by atoms with Crippen molar-refractivity contribution in [2.75, 3.05) is 6.54 Å². The second-order valence-corrected chi connectivity index (χ2v) is 12.9. The first-order valence-corrected chi connectivity index (χ1v) is 16.9. The molecule has 1 saturated heterocycles. The van der Waals surface area contributed by atoms with Gasteiger partial charge in [0, 0.05) is 26.1 Å². The van der Waals surface area contributed by atoms with Gasteiger partial charge in [0.25, 0.3) is 0 Å². The molecule has 4 rings (SSSR count). The van der Waals surface area contributed by atoms with Gasteiger partial charge >= 0.3 is 13.2 Å². The second-order valence-electron chi connectivity index (χ2n) is 12.9. The molecule has 2 aliphatic rings. The molecule has 0 spiro atoms. The Labute approximate surface area is 274 Å². The highest BCUT2D eigenvalue weighted by molar-refractivity contribution is 6.43. The number of benzene rings is 2. The Morgan fingerprint density at radius 2 is 1.67 bits per heavy atom. The Balaban J connectivity index is 1.52. The molecule has 0 radical (unpaired) electrons. The number of carbonyl (C=O) groups is 3. The molecular weight excluding hydrogens is 583 g/mol. The van der Waals surface area contributed by atoms with Gasteiger partial charge in [0.2, 0.25) is 11.8 Å². The summed E-state index contributed by atoms with van der Waals surface area (Å²) in [5.74, 6) is -1.56. The lowest BCUT2D eigenvalue weighted by Crippen LogP contribution is -2.56. The molecule has 2 aliphatic heterocycles. The van der Waals surface area contributed by atoms with Gasteiger partial charge in [-0.2, -0.15) is 0 Å². The highest BCUT2D eigenvalue weighted by Gasteiger charge is 2.44. The molecule has 0 saturated carbocycles. The van der Waals surface area contributed by atoms with Crippen LogP contribution in [0.5, 0.6) is 0 Å². The maximum Gasteiger partial charge on any atom is 0.475 e. The van der Waals surface area contributed by atoms with Gasteiger partial charge in [-0.25, -0.2) is 4.79 Å². The predicted molar refractivity (Wildman–Crippen MR) is 178 cm³/mol. The molecule has 46 heavy (non-hydrogen) atoms. The molecule has 3 amide bonds. The lowest BCUT2D eigenvalue weighted by Gasteiger charge is -2.30. The standard InChI is InChI=1S/C35H51BN4O6/c1-5-7-9-14-30(37-20-26-17-16-24(3)18-25(26)4)34(42)40-23-29(19-31(40)33(41)38-32(36(44)45)15-8-6-2)46-35(43)39-21-27-12-10-11-13-28(27)22-39/h10-13,16-18,29-32,37,44-45H,5-9,14-15,19-23H2,1-4H3,(H,38,41)/t29-,30+,31+,32+/m1/s1. The van der Waals surface area contributed by atoms with Gasteiger partial charge in [-0.05, 0) is 48.9 Å². The molecule has 1 fully saturated rings. The van der Waals surface area contributed by atoms with Crippen molar-refractivity contribution in [3.05, 3.63) is 70.3 Å². The van der Waals surface area contributed by atoms with Crippen LogP contribution >= 0.6 is 0 Å². The summed E-state index contributed by atoms with van der Waals surface area (Å²) in [7, 11) is -1.73. The van der Waals surface area contributed by atoms with Gasteiger partial charge in [0.1, 0.15) is 12.1 Å². The quantitative estimate of drug-likeness (QED) is 0.171. The van der Waals surface area contributed by atoms with E-state index >= 15 is 0 Å². The maximum atomic E-state index is 14.3. The van der Waals surface area contributed by atoms with Crippen LogP contribution in [0.25, 0.3) is 0 Å². The van der Waals surface area contributed by atoms with Crippen LogP contribution in [-0.2, 0) is 34.0 Å². The molecule has 2 heterocycles. The first kappa shape index (κ1) is 35.4. The smallest absolute Gasteiger partial charge is 0.444 e. The molecule has 4 atom stereocenters. The van der Waals surface area contributed by atoms with E-state index in [1.165, 1.54) is 10.5 Å². The van der Waals surface area contributed by atoms with Crippen LogP contribution in [0.15, 0.2) is 42.5 Å². The first-order chi connectivity index (χ1) is 22.1. The Kier molecular flexibility index (Phi) is 13.1. The van der Waals surface area contributed by atoms with Crippen LogP contribution in [0.3, 0.4) is 0 Å². The number of unbranched alkanes of at least 4 members (excludes halogenated alkanes) is 3. The van der Waals surface area contributed by atoms with E-state index in [4.69, 9.17) is 4.74 Å². The van der Waals surface area contributed by atoms with Crippen molar-refractivity contribution < 1.29 is 29.2 Å². The SMILES string of the molecule is CCCCC[C@H](NCc1ccc(C)cc1C)C(=O)N1C[C@H](OC(=O)N2Cc3ccccc3C2)C[C@H]1C(=O)N[C@@H](CCCC)B(O)O. The zero-order valence-corrected chi connectivity index (χ0v) is 27.8. The number of nitrogens with zero attached hydrogens (tertiary/aromatic N) is 2. The van der Waals surface area contributed by atoms with E-state index in [0.717, 1.165) is 47.9 Å². The molecular formula is C35H51BN4O6. The lowest BCUT2D eigenvalue weighted by molar-refractivity contribution is -0.140. The zero-order chi connectivity index (χ0) is 33.2. The summed E-state index contributed by atoms with van der Waals surface area (Å²) in [6.45, 7) is 9.69. The number of likely N-dealkylation sites (tertiary alicyclic amines) is 1. The van der Waals surface area contributed by atoms with Gasteiger partial charge in [-0.1, -0.05) is 94.0 Å². The van der Waals surface area contributed by atoms with Gasteiger partial charge < -0.3 is 30.3 Å². The summed E-state index contributed by atoms with van der Waals surface area (Å²) in [6, 6.07) is 12.7. The van der Waals surface area contributed by atoms with E-state index < -0.39 is 43.2 Å². The number of carbonyl (C=O) groups excluding carboxylic acids is 3. The van der Waals surface area contributed by atoms with Crippen LogP contribution < -0.4 is 10.6 Å². The molecule has 4 N–H and O–H groups in total. The molecule has 10 nitrogen and oxygen atoms in total. The number of amides is 3. The van der Waals surface area contributed by atoms with Gasteiger partial charge in [-0.3, -0.25) is 14.5 Å². The van der Waals surface area contributed by atoms with Crippen molar-refractivity contribution in [3.63, 3.8) is 0 Å². The summed E-state index contributed by atoms with van der Waals surface area (Å²) in [5, 5.41) is 26.2. The number of aryl methyl sites for hydroxylation is 2. The van der Waals surface area contributed by atoms with Crippen LogP contribution in [0.1, 0.15) is 93.0 Å². The minimum atomic E-state index is -1.73. The normalized spacial score (nSPS) is 18.7. The minimum absolute atomic E-state index is 0.0836. The number of nitrogens with one attached hydrogen (secondary N) is 2. The van der Waals surface area contributed by atoms with Crippen molar-refractivity contribution in [1.82, 2.24) is 20.4 Å². The predicted octanol–water partition coefficient (Wildman–Crippen LogP) is 4.15. The van der Waals surface area contributed by atoms with E-state index in [1.807, 2.05) is 38.1 Å². The Bertz CT molecular complexity index is 1310. The molecule has 2 aromatic carbocycles. The van der Waals surface area contributed by atoms with E-state index in [9.17, 15) is 24.4 Å². The fraction of sp³-hybridized carbons (Fsp3) is 0.571. The lowest BCUT2D eigenvalue weighted by atomic mass is 9.76. The third-order valence-electron chi connectivity index (χ3n) is 9.20. The molecule has 11 heteroatoms. The van der Waals surface area contributed by atoms with Crippen LogP contribution in [0, 0.1) is 13.8 Å². The Hall–Kier alpha value is -3.41. The maximum absolute atomic E-state index is 14.3. The topological polar surface area (TPSA) is 131 Å². The molecule has 250 valence electrons. The summed E-state index contributed by atoms with van der Waals surface area (Å²) in [5.41, 5.74) is 5.56. The average molecular weight is 635 g/mol. The highest BCUT2D eigenvalue weighted by atomic mass is 16.6. The Morgan fingerprint density at radius 3 is 2.30 bits per heavy atom. The summed E-state index contributed by atoms with van der Waals surface area (Å²) in [4.78, 5) is 44.4. The fourth-order valence-electron chi connectivity index (χ4n) is 6.44. The molecule has 0 unspecified atom stereocenters. The first-order valence-electron chi connectivity index (χ1n) is 16.9. The van der Waals surface area contributed by atoms with Crippen LogP contribution in [-0.4, -0.2) is 75.5 Å². The monoisotopic (exact) mass is 634 g/mol. The molecule has 0 aromatic heterocycles. The van der Waals surface area contributed by atoms with Crippen molar-refractivity contribution >= 4 is 25.0 Å². The largest absolute Gasteiger partial charge is 0.475 e. The summed E-state index contributed by atoms with van der Waals surface area (Å²) < 4.78 is 5.93. The number of fused-ring (bicyclic) bond motifs is 1. The van der Waals surface area contributed by atoms with Crippen LogP contribution in [0.2, 0.25) is 0 Å². The van der Waals surface area contributed by atoms with Crippen molar-refractivity contribution in [3.8, 4) is 0 Å². The second kappa shape index (κ2) is 16.9. The molecule has 0 bridgehead atoms. The van der Waals surface area contributed by atoms with Crippen molar-refractivity contribution in [1.29, 1.82) is 0 Å². The average Bonchev–Trinajstić information content (AvgIpc) is 3.66. The minimum Gasteiger partial charge on any atom is -0.444 e.